The molecular weight excluding hydrogens is 302 g/mol. The minimum absolute atomic E-state index is 0.0650. The second-order valence-corrected chi connectivity index (χ2v) is 6.00. The van der Waals surface area contributed by atoms with Gasteiger partial charge in [-0.1, -0.05) is 0 Å². The Morgan fingerprint density at radius 3 is 3.09 bits per heavy atom. The molecule has 1 aliphatic heterocycles. The largest absolute Gasteiger partial charge is 0.359 e. The van der Waals surface area contributed by atoms with Crippen molar-refractivity contribution in [3.05, 3.63) is 33.9 Å². The summed E-state index contributed by atoms with van der Waals surface area (Å²) in [5.74, 6) is 0.297. The van der Waals surface area contributed by atoms with Crippen molar-refractivity contribution in [1.82, 2.24) is 15.3 Å². The topological polar surface area (TPSA) is 87.2 Å². The lowest BCUT2D eigenvalue weighted by Crippen LogP contribution is -2.37. The molecule has 2 amide bonds. The van der Waals surface area contributed by atoms with Crippen LogP contribution in [0.3, 0.4) is 0 Å². The van der Waals surface area contributed by atoms with E-state index < -0.39 is 0 Å². The van der Waals surface area contributed by atoms with Gasteiger partial charge in [0.25, 0.3) is 5.91 Å². The summed E-state index contributed by atoms with van der Waals surface area (Å²) in [6.45, 7) is 2.50. The number of thiazole rings is 1. The summed E-state index contributed by atoms with van der Waals surface area (Å²) in [5, 5.41) is 8.61. The van der Waals surface area contributed by atoms with Gasteiger partial charge in [-0.15, -0.1) is 11.3 Å². The van der Waals surface area contributed by atoms with E-state index in [9.17, 15) is 9.59 Å². The summed E-state index contributed by atoms with van der Waals surface area (Å²) in [6.07, 6.45) is 1.50. The van der Waals surface area contributed by atoms with Crippen LogP contribution >= 0.6 is 11.3 Å². The SMILES string of the molecule is Cc1nc(CNC(=O)c2cnc3c(c2)N(C)C(=O)CN3)cs1. The molecule has 0 spiro atoms. The van der Waals surface area contributed by atoms with Gasteiger partial charge in [0.05, 0.1) is 35.0 Å². The first kappa shape index (κ1) is 14.5. The molecule has 114 valence electrons. The first-order chi connectivity index (χ1) is 10.5. The van der Waals surface area contributed by atoms with Crippen molar-refractivity contribution in [2.45, 2.75) is 13.5 Å². The third-order valence-electron chi connectivity index (χ3n) is 3.37. The van der Waals surface area contributed by atoms with Crippen molar-refractivity contribution in [2.75, 3.05) is 23.8 Å². The maximum Gasteiger partial charge on any atom is 0.253 e. The first-order valence-electron chi connectivity index (χ1n) is 6.74. The Kier molecular flexibility index (Phi) is 3.76. The molecule has 0 fully saturated rings. The summed E-state index contributed by atoms with van der Waals surface area (Å²) in [4.78, 5) is 33.9. The van der Waals surface area contributed by atoms with Gasteiger partial charge in [0.15, 0.2) is 0 Å². The van der Waals surface area contributed by atoms with Gasteiger partial charge in [0, 0.05) is 18.6 Å². The zero-order valence-electron chi connectivity index (χ0n) is 12.2. The van der Waals surface area contributed by atoms with Crippen LogP contribution in [0.4, 0.5) is 11.5 Å². The van der Waals surface area contributed by atoms with Gasteiger partial charge in [-0.2, -0.15) is 0 Å². The lowest BCUT2D eigenvalue weighted by atomic mass is 10.2. The van der Waals surface area contributed by atoms with Crippen LogP contribution in [0.15, 0.2) is 17.6 Å². The van der Waals surface area contributed by atoms with Crippen LogP contribution in [0, 0.1) is 6.92 Å². The van der Waals surface area contributed by atoms with E-state index in [2.05, 4.69) is 20.6 Å². The van der Waals surface area contributed by atoms with Gasteiger partial charge >= 0.3 is 0 Å². The Hall–Kier alpha value is -2.48. The number of fused-ring (bicyclic) bond motifs is 1. The van der Waals surface area contributed by atoms with Crippen molar-refractivity contribution >= 4 is 34.7 Å². The summed E-state index contributed by atoms with van der Waals surface area (Å²) >= 11 is 1.54. The van der Waals surface area contributed by atoms with Crippen LogP contribution in [-0.4, -0.2) is 35.4 Å². The highest BCUT2D eigenvalue weighted by molar-refractivity contribution is 7.09. The monoisotopic (exact) mass is 317 g/mol. The van der Waals surface area contributed by atoms with Gasteiger partial charge in [-0.3, -0.25) is 9.59 Å². The van der Waals surface area contributed by atoms with E-state index in [0.717, 1.165) is 10.7 Å². The molecule has 0 bridgehead atoms. The van der Waals surface area contributed by atoms with Crippen LogP contribution in [0.5, 0.6) is 0 Å². The number of likely N-dealkylation sites (N-methyl/N-ethyl adjacent to an activating group) is 1. The zero-order chi connectivity index (χ0) is 15.7. The number of hydrogen-bond acceptors (Lipinski definition) is 6. The van der Waals surface area contributed by atoms with Crippen molar-refractivity contribution in [1.29, 1.82) is 0 Å². The number of aryl methyl sites for hydroxylation is 1. The molecule has 0 aliphatic carbocycles. The second kappa shape index (κ2) is 5.72. The van der Waals surface area contributed by atoms with E-state index in [1.165, 1.54) is 11.1 Å². The van der Waals surface area contributed by atoms with Gasteiger partial charge in [-0.05, 0) is 13.0 Å². The molecule has 7 nitrogen and oxygen atoms in total. The van der Waals surface area contributed by atoms with Gasteiger partial charge in [0.2, 0.25) is 5.91 Å². The number of aromatic nitrogens is 2. The number of carbonyl (C=O) groups excluding carboxylic acids is 2. The van der Waals surface area contributed by atoms with Crippen molar-refractivity contribution < 1.29 is 9.59 Å². The minimum atomic E-state index is -0.243. The number of nitrogens with zero attached hydrogens (tertiary/aromatic N) is 3. The molecule has 2 N–H and O–H groups in total. The maximum atomic E-state index is 12.2. The number of nitrogens with one attached hydrogen (secondary N) is 2. The number of amides is 2. The Bertz CT molecular complexity index is 743. The summed E-state index contributed by atoms with van der Waals surface area (Å²) in [7, 11) is 1.67. The number of anilines is 2. The third kappa shape index (κ3) is 2.77. The highest BCUT2D eigenvalue weighted by Crippen LogP contribution is 2.26. The molecule has 2 aromatic rings. The predicted molar refractivity (Wildman–Crippen MR) is 84.2 cm³/mol. The lowest BCUT2D eigenvalue weighted by Gasteiger charge is -2.26. The summed E-state index contributed by atoms with van der Waals surface area (Å²) < 4.78 is 0. The smallest absolute Gasteiger partial charge is 0.253 e. The number of hydrogen-bond donors (Lipinski definition) is 2. The third-order valence-corrected chi connectivity index (χ3v) is 4.19. The first-order valence-corrected chi connectivity index (χ1v) is 7.62. The van der Waals surface area contributed by atoms with E-state index in [-0.39, 0.29) is 18.4 Å². The molecule has 1 aliphatic rings. The average molecular weight is 317 g/mol. The lowest BCUT2D eigenvalue weighted by molar-refractivity contribution is -0.116. The maximum absolute atomic E-state index is 12.2. The zero-order valence-corrected chi connectivity index (χ0v) is 13.0. The minimum Gasteiger partial charge on any atom is -0.359 e. The molecule has 0 saturated carbocycles. The van der Waals surface area contributed by atoms with E-state index in [0.29, 0.717) is 23.6 Å². The normalized spacial score (nSPS) is 13.5. The van der Waals surface area contributed by atoms with Crippen LogP contribution < -0.4 is 15.5 Å². The standard InChI is InChI=1S/C14H15N5O2S/c1-8-18-10(7-22-8)5-17-14(21)9-3-11-13(15-4-9)16-6-12(20)19(11)2/h3-4,7H,5-6H2,1-2H3,(H,15,16)(H,17,21). The fourth-order valence-electron chi connectivity index (χ4n) is 2.14. The Balaban J connectivity index is 1.74. The van der Waals surface area contributed by atoms with Crippen molar-refractivity contribution in [3.63, 3.8) is 0 Å². The molecule has 0 atom stereocenters. The molecule has 22 heavy (non-hydrogen) atoms. The fourth-order valence-corrected chi connectivity index (χ4v) is 2.76. The molecule has 2 aromatic heterocycles. The van der Waals surface area contributed by atoms with E-state index in [4.69, 9.17) is 0 Å². The van der Waals surface area contributed by atoms with Gasteiger partial charge < -0.3 is 15.5 Å². The summed E-state index contributed by atoms with van der Waals surface area (Å²) in [6, 6.07) is 1.66. The highest BCUT2D eigenvalue weighted by Gasteiger charge is 2.22. The Morgan fingerprint density at radius 2 is 2.36 bits per heavy atom. The van der Waals surface area contributed by atoms with E-state index >= 15 is 0 Å². The highest BCUT2D eigenvalue weighted by atomic mass is 32.1. The molecule has 0 aromatic carbocycles. The van der Waals surface area contributed by atoms with Gasteiger partial charge in [-0.25, -0.2) is 9.97 Å². The molecule has 0 radical (unpaired) electrons. The quantitative estimate of drug-likeness (QED) is 0.887. The van der Waals surface area contributed by atoms with Crippen molar-refractivity contribution in [2.24, 2.45) is 0 Å². The van der Waals surface area contributed by atoms with E-state index in [1.807, 2.05) is 12.3 Å². The molecule has 8 heteroatoms. The number of pyridine rings is 1. The average Bonchev–Trinajstić information content (AvgIpc) is 2.94. The molecular formula is C14H15N5O2S. The second-order valence-electron chi connectivity index (χ2n) is 4.94. The van der Waals surface area contributed by atoms with Crippen LogP contribution in [0.25, 0.3) is 0 Å². The van der Waals surface area contributed by atoms with Crippen molar-refractivity contribution in [3.8, 4) is 0 Å². The molecule has 0 saturated heterocycles. The number of carbonyl (C=O) groups is 2. The van der Waals surface area contributed by atoms with Crippen LogP contribution in [0.2, 0.25) is 0 Å². The predicted octanol–water partition coefficient (Wildman–Crippen LogP) is 1.16. The summed E-state index contributed by atoms with van der Waals surface area (Å²) in [5.41, 5.74) is 1.85. The van der Waals surface area contributed by atoms with Crippen LogP contribution in [0.1, 0.15) is 21.1 Å². The Labute approximate surface area is 131 Å². The van der Waals surface area contributed by atoms with Crippen LogP contribution in [-0.2, 0) is 11.3 Å². The molecule has 3 heterocycles. The molecule has 3 rings (SSSR count). The molecule has 0 unspecified atom stereocenters. The Morgan fingerprint density at radius 1 is 1.55 bits per heavy atom. The van der Waals surface area contributed by atoms with E-state index in [1.54, 1.807) is 24.5 Å². The fraction of sp³-hybridized carbons (Fsp3) is 0.286. The number of rotatable bonds is 3. The van der Waals surface area contributed by atoms with Gasteiger partial charge in [0.1, 0.15) is 5.82 Å².